The minimum atomic E-state index is 0.0380. The van der Waals surface area contributed by atoms with Crippen LogP contribution in [-0.4, -0.2) is 17.4 Å². The van der Waals surface area contributed by atoms with E-state index in [0.717, 1.165) is 31.5 Å². The van der Waals surface area contributed by atoms with E-state index in [1.54, 1.807) is 6.20 Å². The molecular formula is C14H23N3O. The molecule has 18 heavy (non-hydrogen) atoms. The van der Waals surface area contributed by atoms with Crippen LogP contribution in [0.5, 0.6) is 0 Å². The number of amides is 1. The molecule has 1 amide bonds. The number of carbonyl (C=O) groups is 1. The molecule has 0 saturated heterocycles. The van der Waals surface area contributed by atoms with Gasteiger partial charge in [0, 0.05) is 13.0 Å². The third kappa shape index (κ3) is 5.66. The molecule has 0 saturated carbocycles. The fourth-order valence-corrected chi connectivity index (χ4v) is 1.52. The summed E-state index contributed by atoms with van der Waals surface area (Å²) in [5, 5.41) is 6.08. The molecule has 0 aliphatic heterocycles. The molecule has 100 valence electrons. The Bertz CT molecular complexity index is 349. The molecule has 0 atom stereocenters. The van der Waals surface area contributed by atoms with E-state index in [0.29, 0.717) is 12.2 Å². The molecule has 1 aromatic heterocycles. The van der Waals surface area contributed by atoms with Crippen molar-refractivity contribution in [2.75, 3.05) is 17.2 Å². The summed E-state index contributed by atoms with van der Waals surface area (Å²) in [6, 6.07) is 3.77. The Morgan fingerprint density at radius 2 is 2.00 bits per heavy atom. The van der Waals surface area contributed by atoms with Crippen molar-refractivity contribution in [3.8, 4) is 0 Å². The van der Waals surface area contributed by atoms with Gasteiger partial charge in [-0.25, -0.2) is 4.98 Å². The lowest BCUT2D eigenvalue weighted by Gasteiger charge is -2.07. The van der Waals surface area contributed by atoms with Crippen molar-refractivity contribution in [2.24, 2.45) is 0 Å². The highest BCUT2D eigenvalue weighted by atomic mass is 16.1. The van der Waals surface area contributed by atoms with E-state index in [1.165, 1.54) is 6.42 Å². The molecule has 4 heteroatoms. The van der Waals surface area contributed by atoms with Gasteiger partial charge in [0.25, 0.3) is 0 Å². The Hall–Kier alpha value is -1.58. The number of pyridine rings is 1. The molecule has 0 spiro atoms. The second kappa shape index (κ2) is 8.50. The van der Waals surface area contributed by atoms with Crippen molar-refractivity contribution < 1.29 is 4.79 Å². The predicted molar refractivity (Wildman–Crippen MR) is 75.8 cm³/mol. The Morgan fingerprint density at radius 3 is 2.61 bits per heavy atom. The molecule has 1 heterocycles. The number of nitrogens with zero attached hydrogens (tertiary/aromatic N) is 1. The molecule has 0 unspecified atom stereocenters. The van der Waals surface area contributed by atoms with Crippen LogP contribution in [0.4, 0.5) is 11.5 Å². The van der Waals surface area contributed by atoms with Gasteiger partial charge in [-0.15, -0.1) is 0 Å². The number of nitrogens with one attached hydrogen (secondary N) is 2. The van der Waals surface area contributed by atoms with Crippen LogP contribution >= 0.6 is 0 Å². The van der Waals surface area contributed by atoms with Crippen LogP contribution in [0.2, 0.25) is 0 Å². The largest absolute Gasteiger partial charge is 0.384 e. The van der Waals surface area contributed by atoms with Crippen LogP contribution in [0.3, 0.4) is 0 Å². The zero-order chi connectivity index (χ0) is 13.2. The molecule has 0 aliphatic carbocycles. The monoisotopic (exact) mass is 249 g/mol. The predicted octanol–water partition coefficient (Wildman–Crippen LogP) is 3.42. The minimum absolute atomic E-state index is 0.0380. The molecule has 0 aliphatic rings. The van der Waals surface area contributed by atoms with Crippen LogP contribution in [0, 0.1) is 0 Å². The second-order valence-electron chi connectivity index (χ2n) is 4.36. The lowest BCUT2D eigenvalue weighted by Crippen LogP contribution is -2.12. The normalized spacial score (nSPS) is 10.1. The van der Waals surface area contributed by atoms with Crippen molar-refractivity contribution in [1.82, 2.24) is 4.98 Å². The van der Waals surface area contributed by atoms with E-state index >= 15 is 0 Å². The van der Waals surface area contributed by atoms with Crippen molar-refractivity contribution >= 4 is 17.4 Å². The first-order chi connectivity index (χ1) is 8.76. The van der Waals surface area contributed by atoms with Gasteiger partial charge in [-0.1, -0.05) is 26.7 Å². The summed E-state index contributed by atoms with van der Waals surface area (Å²) >= 11 is 0. The quantitative estimate of drug-likeness (QED) is 0.694. The minimum Gasteiger partial charge on any atom is -0.384 e. The number of carbonyl (C=O) groups excluding carboxylic acids is 1. The second-order valence-corrected chi connectivity index (χ2v) is 4.36. The van der Waals surface area contributed by atoms with Gasteiger partial charge in [0.05, 0.1) is 11.9 Å². The Kier molecular flexibility index (Phi) is 6.84. The number of aromatic nitrogens is 1. The van der Waals surface area contributed by atoms with Crippen molar-refractivity contribution in [1.29, 1.82) is 0 Å². The van der Waals surface area contributed by atoms with E-state index in [9.17, 15) is 4.79 Å². The summed E-state index contributed by atoms with van der Waals surface area (Å²) in [4.78, 5) is 15.7. The van der Waals surface area contributed by atoms with Crippen molar-refractivity contribution in [2.45, 2.75) is 46.0 Å². The third-order valence-electron chi connectivity index (χ3n) is 2.65. The Balaban J connectivity index is 2.37. The third-order valence-corrected chi connectivity index (χ3v) is 2.65. The average Bonchev–Trinajstić information content (AvgIpc) is 2.39. The first kappa shape index (κ1) is 14.5. The van der Waals surface area contributed by atoms with Gasteiger partial charge in [0.15, 0.2) is 0 Å². The van der Waals surface area contributed by atoms with Crippen LogP contribution in [-0.2, 0) is 4.79 Å². The average molecular weight is 249 g/mol. The van der Waals surface area contributed by atoms with Crippen molar-refractivity contribution in [3.63, 3.8) is 0 Å². The lowest BCUT2D eigenvalue weighted by molar-refractivity contribution is -0.116. The number of unbranched alkanes of at least 4 members (excludes halogenated alkanes) is 2. The summed E-state index contributed by atoms with van der Waals surface area (Å²) < 4.78 is 0. The van der Waals surface area contributed by atoms with Crippen molar-refractivity contribution in [3.05, 3.63) is 18.3 Å². The maximum absolute atomic E-state index is 11.5. The molecule has 1 aromatic rings. The summed E-state index contributed by atoms with van der Waals surface area (Å²) in [5.74, 6) is 0.660. The van der Waals surface area contributed by atoms with Crippen LogP contribution in [0.15, 0.2) is 18.3 Å². The number of anilines is 2. The highest BCUT2D eigenvalue weighted by molar-refractivity contribution is 5.89. The molecule has 4 nitrogen and oxygen atoms in total. The lowest BCUT2D eigenvalue weighted by atomic mass is 10.2. The highest BCUT2D eigenvalue weighted by Gasteiger charge is 2.02. The summed E-state index contributed by atoms with van der Waals surface area (Å²) in [5.41, 5.74) is 0.995. The SMILES string of the molecule is CCCCNc1ccc(NC(=O)CCCC)nc1. The van der Waals surface area contributed by atoms with Gasteiger partial charge in [0.1, 0.15) is 5.82 Å². The van der Waals surface area contributed by atoms with Gasteiger partial charge in [0.2, 0.25) is 5.91 Å². The zero-order valence-electron chi connectivity index (χ0n) is 11.3. The van der Waals surface area contributed by atoms with E-state index < -0.39 is 0 Å². The maximum Gasteiger partial charge on any atom is 0.225 e. The van der Waals surface area contributed by atoms with E-state index in [2.05, 4.69) is 29.5 Å². The molecule has 1 rings (SSSR count). The van der Waals surface area contributed by atoms with Crippen LogP contribution in [0.25, 0.3) is 0 Å². The molecular weight excluding hydrogens is 226 g/mol. The Labute approximate surface area is 109 Å². The fourth-order valence-electron chi connectivity index (χ4n) is 1.52. The Morgan fingerprint density at radius 1 is 1.22 bits per heavy atom. The standard InChI is InChI=1S/C14H23N3O/c1-3-5-7-14(18)17-13-9-8-12(11-16-13)15-10-6-4-2/h8-9,11,15H,3-7,10H2,1-2H3,(H,16,17,18). The number of rotatable bonds is 8. The van der Waals surface area contributed by atoms with Crippen LogP contribution in [0.1, 0.15) is 46.0 Å². The number of hydrogen-bond donors (Lipinski definition) is 2. The smallest absolute Gasteiger partial charge is 0.225 e. The maximum atomic E-state index is 11.5. The first-order valence-corrected chi connectivity index (χ1v) is 6.76. The first-order valence-electron chi connectivity index (χ1n) is 6.76. The van der Waals surface area contributed by atoms with Crippen LogP contribution < -0.4 is 10.6 Å². The van der Waals surface area contributed by atoms with Gasteiger partial charge < -0.3 is 10.6 Å². The highest BCUT2D eigenvalue weighted by Crippen LogP contribution is 2.10. The van der Waals surface area contributed by atoms with E-state index in [-0.39, 0.29) is 5.91 Å². The molecule has 0 aromatic carbocycles. The van der Waals surface area contributed by atoms with Gasteiger partial charge >= 0.3 is 0 Å². The molecule has 0 radical (unpaired) electrons. The van der Waals surface area contributed by atoms with Gasteiger partial charge in [-0.05, 0) is 25.0 Å². The molecule has 0 bridgehead atoms. The molecule has 0 fully saturated rings. The summed E-state index contributed by atoms with van der Waals surface area (Å²) in [6.45, 7) is 5.19. The summed E-state index contributed by atoms with van der Waals surface area (Å²) in [6.07, 6.45) is 6.59. The van der Waals surface area contributed by atoms with Gasteiger partial charge in [-0.2, -0.15) is 0 Å². The topological polar surface area (TPSA) is 54.0 Å². The number of hydrogen-bond acceptors (Lipinski definition) is 3. The fraction of sp³-hybridized carbons (Fsp3) is 0.571. The zero-order valence-corrected chi connectivity index (χ0v) is 11.3. The van der Waals surface area contributed by atoms with E-state index in [1.807, 2.05) is 12.1 Å². The van der Waals surface area contributed by atoms with E-state index in [4.69, 9.17) is 0 Å². The molecule has 2 N–H and O–H groups in total. The van der Waals surface area contributed by atoms with Gasteiger partial charge in [-0.3, -0.25) is 4.79 Å². The summed E-state index contributed by atoms with van der Waals surface area (Å²) in [7, 11) is 0.